The van der Waals surface area contributed by atoms with Crippen LogP contribution in [0.15, 0.2) is 22.8 Å². The minimum Gasteiger partial charge on any atom is -0.481 e. The van der Waals surface area contributed by atoms with E-state index in [9.17, 15) is 14.4 Å². The number of ether oxygens (including phenoxy) is 1. The molecule has 2 aliphatic rings. The number of likely N-dealkylation sites (tertiary alicyclic amines) is 1. The van der Waals surface area contributed by atoms with Crippen LogP contribution in [0.25, 0.3) is 0 Å². The van der Waals surface area contributed by atoms with Gasteiger partial charge in [-0.3, -0.25) is 14.4 Å². The van der Waals surface area contributed by atoms with Crippen molar-refractivity contribution in [1.29, 1.82) is 0 Å². The summed E-state index contributed by atoms with van der Waals surface area (Å²) in [5.41, 5.74) is 0. The topological polar surface area (TPSA) is 100 Å². The number of amides is 2. The minimum atomic E-state index is -0.934. The third kappa shape index (κ3) is 4.43. The van der Waals surface area contributed by atoms with Crippen LogP contribution in [0.2, 0.25) is 0 Å². The molecule has 0 saturated carbocycles. The van der Waals surface area contributed by atoms with Crippen molar-refractivity contribution in [2.45, 2.75) is 38.3 Å². The van der Waals surface area contributed by atoms with Gasteiger partial charge in [0, 0.05) is 38.8 Å². The van der Waals surface area contributed by atoms with Crippen LogP contribution in [0, 0.1) is 5.92 Å². The van der Waals surface area contributed by atoms with E-state index in [0.29, 0.717) is 44.9 Å². The van der Waals surface area contributed by atoms with Gasteiger partial charge in [-0.05, 0) is 25.0 Å². The van der Waals surface area contributed by atoms with Gasteiger partial charge in [0.25, 0.3) is 0 Å². The monoisotopic (exact) mass is 364 g/mol. The Kier molecular flexibility index (Phi) is 5.92. The maximum Gasteiger partial charge on any atom is 0.305 e. The molecule has 3 rings (SSSR count). The Hall–Kier alpha value is -2.35. The van der Waals surface area contributed by atoms with Gasteiger partial charge in [0.15, 0.2) is 0 Å². The highest BCUT2D eigenvalue weighted by atomic mass is 16.5. The molecule has 0 bridgehead atoms. The zero-order chi connectivity index (χ0) is 18.5. The summed E-state index contributed by atoms with van der Waals surface area (Å²) in [6.45, 7) is 1.99. The molecule has 2 fully saturated rings. The van der Waals surface area contributed by atoms with Gasteiger partial charge in [0.2, 0.25) is 11.8 Å². The first-order valence-electron chi connectivity index (χ1n) is 8.94. The molecule has 3 heterocycles. The maximum atomic E-state index is 13.0. The van der Waals surface area contributed by atoms with Gasteiger partial charge in [-0.15, -0.1) is 0 Å². The smallest absolute Gasteiger partial charge is 0.305 e. The number of rotatable bonds is 7. The lowest BCUT2D eigenvalue weighted by molar-refractivity contribution is -0.142. The normalized spacial score (nSPS) is 21.2. The number of carbonyl (C=O) groups is 3. The summed E-state index contributed by atoms with van der Waals surface area (Å²) in [7, 11) is 0. The zero-order valence-corrected chi connectivity index (χ0v) is 14.6. The second kappa shape index (κ2) is 8.35. The molecule has 1 aromatic rings. The molecule has 2 aliphatic heterocycles. The lowest BCUT2D eigenvalue weighted by atomic mass is 10.0. The van der Waals surface area contributed by atoms with Crippen LogP contribution in [0.1, 0.15) is 31.4 Å². The number of furan rings is 1. The van der Waals surface area contributed by atoms with Crippen molar-refractivity contribution in [3.05, 3.63) is 24.2 Å². The molecule has 8 nitrogen and oxygen atoms in total. The van der Waals surface area contributed by atoms with Gasteiger partial charge in [0.1, 0.15) is 5.76 Å². The lowest BCUT2D eigenvalue weighted by Gasteiger charge is -2.35. The summed E-state index contributed by atoms with van der Waals surface area (Å²) in [5, 5.41) is 9.00. The number of carbonyl (C=O) groups excluding carboxylic acids is 2. The predicted octanol–water partition coefficient (Wildman–Crippen LogP) is 1.11. The molecule has 1 atom stereocenters. The number of hydrogen-bond acceptors (Lipinski definition) is 5. The summed E-state index contributed by atoms with van der Waals surface area (Å²) in [5.74, 6) is -0.900. The van der Waals surface area contributed by atoms with Crippen LogP contribution in [-0.4, -0.2) is 65.0 Å². The van der Waals surface area contributed by atoms with Crippen molar-refractivity contribution in [1.82, 2.24) is 9.80 Å². The summed E-state index contributed by atoms with van der Waals surface area (Å²) in [6.07, 6.45) is 3.01. The average Bonchev–Trinajstić information content (AvgIpc) is 3.26. The van der Waals surface area contributed by atoms with Gasteiger partial charge in [0.05, 0.1) is 25.1 Å². The molecule has 8 heteroatoms. The van der Waals surface area contributed by atoms with Gasteiger partial charge in [-0.25, -0.2) is 0 Å². The molecular formula is C18H24N2O6. The van der Waals surface area contributed by atoms with E-state index in [0.717, 1.165) is 0 Å². The number of hydrogen-bond donors (Lipinski definition) is 1. The fraction of sp³-hybridized carbons (Fsp3) is 0.611. The van der Waals surface area contributed by atoms with Crippen LogP contribution in [0.5, 0.6) is 0 Å². The van der Waals surface area contributed by atoms with Crippen molar-refractivity contribution >= 4 is 17.8 Å². The number of carboxylic acid groups (broad SMARTS) is 1. The fourth-order valence-electron chi connectivity index (χ4n) is 3.60. The third-order valence-electron chi connectivity index (χ3n) is 4.97. The first-order valence-corrected chi connectivity index (χ1v) is 8.94. The summed E-state index contributed by atoms with van der Waals surface area (Å²) in [6, 6.07) is 3.53. The highest BCUT2D eigenvalue weighted by Gasteiger charge is 2.38. The van der Waals surface area contributed by atoms with Crippen LogP contribution in [-0.2, 0) is 25.7 Å². The van der Waals surface area contributed by atoms with Crippen LogP contribution in [0.4, 0.5) is 0 Å². The minimum absolute atomic E-state index is 0.0233. The molecule has 2 saturated heterocycles. The van der Waals surface area contributed by atoms with Crippen molar-refractivity contribution < 1.29 is 28.6 Å². The maximum absolute atomic E-state index is 13.0. The van der Waals surface area contributed by atoms with E-state index >= 15 is 0 Å². The second-order valence-electron chi connectivity index (χ2n) is 6.77. The summed E-state index contributed by atoms with van der Waals surface area (Å²) in [4.78, 5) is 39.6. The van der Waals surface area contributed by atoms with Crippen molar-refractivity contribution in [2.24, 2.45) is 5.92 Å². The zero-order valence-electron chi connectivity index (χ0n) is 14.6. The molecule has 142 valence electrons. The van der Waals surface area contributed by atoms with Gasteiger partial charge < -0.3 is 24.1 Å². The number of nitrogens with zero attached hydrogens (tertiary/aromatic N) is 2. The Bertz CT molecular complexity index is 638. The molecule has 26 heavy (non-hydrogen) atoms. The molecule has 1 aromatic heterocycles. The third-order valence-corrected chi connectivity index (χ3v) is 4.97. The Morgan fingerprint density at radius 1 is 1.31 bits per heavy atom. The largest absolute Gasteiger partial charge is 0.481 e. The second-order valence-corrected chi connectivity index (χ2v) is 6.77. The van der Waals surface area contributed by atoms with E-state index in [2.05, 4.69) is 0 Å². The molecular weight excluding hydrogens is 340 g/mol. The van der Waals surface area contributed by atoms with Crippen molar-refractivity contribution in [3.8, 4) is 0 Å². The van der Waals surface area contributed by atoms with Crippen molar-refractivity contribution in [3.63, 3.8) is 0 Å². The molecule has 0 aromatic carbocycles. The standard InChI is InChI=1S/C18H24N2O6/c21-16-10-13(11-19(16)12-15-2-1-7-26-15)18(24)20(6-3-17(22)23)14-4-8-25-9-5-14/h1-2,7,13-14H,3-6,8-12H2,(H,22,23)/t13-/m1/s1. The van der Waals surface area contributed by atoms with Gasteiger partial charge in [-0.1, -0.05) is 0 Å². The van der Waals surface area contributed by atoms with Gasteiger partial charge in [-0.2, -0.15) is 0 Å². The van der Waals surface area contributed by atoms with E-state index in [1.807, 2.05) is 0 Å². The van der Waals surface area contributed by atoms with E-state index in [-0.39, 0.29) is 37.2 Å². The highest BCUT2D eigenvalue weighted by molar-refractivity contribution is 5.89. The molecule has 2 amide bonds. The van der Waals surface area contributed by atoms with Crippen LogP contribution in [0.3, 0.4) is 0 Å². The van der Waals surface area contributed by atoms with Gasteiger partial charge >= 0.3 is 5.97 Å². The van der Waals surface area contributed by atoms with Crippen LogP contribution < -0.4 is 0 Å². The van der Waals surface area contributed by atoms with E-state index in [1.54, 1.807) is 28.2 Å². The fourth-order valence-corrected chi connectivity index (χ4v) is 3.60. The Morgan fingerprint density at radius 3 is 2.73 bits per heavy atom. The van der Waals surface area contributed by atoms with E-state index in [4.69, 9.17) is 14.3 Å². The average molecular weight is 364 g/mol. The molecule has 0 radical (unpaired) electrons. The van der Waals surface area contributed by atoms with E-state index < -0.39 is 11.9 Å². The first kappa shape index (κ1) is 18.4. The summed E-state index contributed by atoms with van der Waals surface area (Å²) >= 11 is 0. The highest BCUT2D eigenvalue weighted by Crippen LogP contribution is 2.25. The molecule has 0 spiro atoms. The predicted molar refractivity (Wildman–Crippen MR) is 90.0 cm³/mol. The Labute approximate surface area is 151 Å². The molecule has 1 N–H and O–H groups in total. The van der Waals surface area contributed by atoms with Crippen LogP contribution >= 0.6 is 0 Å². The Morgan fingerprint density at radius 2 is 2.08 bits per heavy atom. The summed E-state index contributed by atoms with van der Waals surface area (Å²) < 4.78 is 10.6. The lowest BCUT2D eigenvalue weighted by Crippen LogP contribution is -2.47. The molecule has 0 aliphatic carbocycles. The first-order chi connectivity index (χ1) is 12.5. The number of carboxylic acids is 1. The van der Waals surface area contributed by atoms with E-state index in [1.165, 1.54) is 0 Å². The Balaban J connectivity index is 1.65. The van der Waals surface area contributed by atoms with Crippen molar-refractivity contribution in [2.75, 3.05) is 26.3 Å². The number of aliphatic carboxylic acids is 1. The SMILES string of the molecule is O=C(O)CCN(C(=O)[C@@H]1CC(=O)N(Cc2ccco2)C1)C1CCOCC1. The quantitative estimate of drug-likeness (QED) is 0.778. The molecule has 0 unspecified atom stereocenters.